The Morgan fingerprint density at radius 1 is 1.19 bits per heavy atom. The average molecular weight is 254 g/mol. The Balaban J connectivity index is 0.000000280. The molecule has 2 rings (SSSR count). The molecule has 0 aliphatic rings. The predicted molar refractivity (Wildman–Crippen MR) is 66.7 cm³/mol. The van der Waals surface area contributed by atoms with E-state index in [9.17, 15) is 0 Å². The zero-order chi connectivity index (χ0) is 11.8. The third-order valence-corrected chi connectivity index (χ3v) is 2.68. The highest BCUT2D eigenvalue weighted by atomic mass is 32.2. The quantitative estimate of drug-likeness (QED) is 0.834. The van der Waals surface area contributed by atoms with E-state index in [1.54, 1.807) is 0 Å². The van der Waals surface area contributed by atoms with Crippen molar-refractivity contribution in [3.63, 3.8) is 0 Å². The SMILES string of the molecule is NS(=O)[O-].c1ccc(Cc2cccs2)cc1. The molecule has 86 valence electrons. The van der Waals surface area contributed by atoms with Crippen molar-refractivity contribution in [2.75, 3.05) is 0 Å². The summed E-state index contributed by atoms with van der Waals surface area (Å²) in [5.41, 5.74) is 1.39. The van der Waals surface area contributed by atoms with Gasteiger partial charge in [0.05, 0.1) is 0 Å². The maximum Gasteiger partial charge on any atom is 0.0152 e. The maximum absolute atomic E-state index is 8.78. The fraction of sp³-hybridized carbons (Fsp3) is 0.0909. The van der Waals surface area contributed by atoms with E-state index in [1.807, 2.05) is 11.3 Å². The molecular weight excluding hydrogens is 242 g/mol. The van der Waals surface area contributed by atoms with Crippen molar-refractivity contribution >= 4 is 22.6 Å². The second-order valence-corrected chi connectivity index (χ2v) is 4.56. The Bertz CT molecular complexity index is 411. The number of hydrogen-bond acceptors (Lipinski definition) is 3. The molecule has 0 amide bonds. The molecule has 1 heterocycles. The van der Waals surface area contributed by atoms with Crippen LogP contribution in [0.5, 0.6) is 0 Å². The normalized spacial score (nSPS) is 11.4. The monoisotopic (exact) mass is 254 g/mol. The molecule has 0 aliphatic heterocycles. The van der Waals surface area contributed by atoms with E-state index in [0.717, 1.165) is 6.42 Å². The van der Waals surface area contributed by atoms with Gasteiger partial charge in [0.1, 0.15) is 0 Å². The first-order valence-corrected chi connectivity index (χ1v) is 6.60. The highest BCUT2D eigenvalue weighted by Gasteiger charge is 1.94. The molecular formula is C11H12NO2S2-. The summed E-state index contributed by atoms with van der Waals surface area (Å²) in [6.45, 7) is 0. The van der Waals surface area contributed by atoms with Crippen LogP contribution in [0.1, 0.15) is 10.4 Å². The van der Waals surface area contributed by atoms with Gasteiger partial charge in [0.15, 0.2) is 0 Å². The minimum absolute atomic E-state index is 1.07. The smallest absolute Gasteiger partial charge is 0.0152 e. The van der Waals surface area contributed by atoms with Crippen molar-refractivity contribution in [1.29, 1.82) is 0 Å². The second kappa shape index (κ2) is 7.29. The van der Waals surface area contributed by atoms with Crippen molar-refractivity contribution in [1.82, 2.24) is 0 Å². The molecule has 2 N–H and O–H groups in total. The van der Waals surface area contributed by atoms with E-state index in [2.05, 4.69) is 53.0 Å². The van der Waals surface area contributed by atoms with Gasteiger partial charge in [-0.25, -0.2) is 0 Å². The molecule has 1 aromatic carbocycles. The third-order valence-electron chi connectivity index (χ3n) is 1.80. The molecule has 16 heavy (non-hydrogen) atoms. The molecule has 0 saturated carbocycles. The van der Waals surface area contributed by atoms with Gasteiger partial charge in [-0.3, -0.25) is 9.35 Å². The van der Waals surface area contributed by atoms with Crippen LogP contribution in [0.25, 0.3) is 0 Å². The van der Waals surface area contributed by atoms with Gasteiger partial charge >= 0.3 is 0 Å². The number of rotatable bonds is 2. The zero-order valence-corrected chi connectivity index (χ0v) is 10.2. The van der Waals surface area contributed by atoms with Gasteiger partial charge in [-0.2, -0.15) is 0 Å². The molecule has 1 unspecified atom stereocenters. The van der Waals surface area contributed by atoms with E-state index in [1.165, 1.54) is 10.4 Å². The molecule has 1 atom stereocenters. The Morgan fingerprint density at radius 2 is 1.81 bits per heavy atom. The van der Waals surface area contributed by atoms with Gasteiger partial charge in [-0.15, -0.1) is 11.3 Å². The van der Waals surface area contributed by atoms with Gasteiger partial charge in [-0.1, -0.05) is 36.4 Å². The van der Waals surface area contributed by atoms with Crippen LogP contribution in [0.15, 0.2) is 47.8 Å². The van der Waals surface area contributed by atoms with Crippen LogP contribution in [-0.2, 0) is 17.7 Å². The van der Waals surface area contributed by atoms with Crippen LogP contribution in [-0.4, -0.2) is 8.76 Å². The summed E-state index contributed by atoms with van der Waals surface area (Å²) < 4.78 is 17.6. The lowest BCUT2D eigenvalue weighted by Gasteiger charge is -1.96. The fourth-order valence-electron chi connectivity index (χ4n) is 1.21. The van der Waals surface area contributed by atoms with Crippen molar-refractivity contribution in [2.45, 2.75) is 6.42 Å². The first kappa shape index (κ1) is 13.1. The first-order valence-electron chi connectivity index (χ1n) is 4.58. The summed E-state index contributed by atoms with van der Waals surface area (Å²) in [6, 6.07) is 14.8. The van der Waals surface area contributed by atoms with E-state index in [-0.39, 0.29) is 0 Å². The Labute approximate surface area is 101 Å². The lowest BCUT2D eigenvalue weighted by Crippen LogP contribution is -1.97. The van der Waals surface area contributed by atoms with E-state index >= 15 is 0 Å². The number of benzene rings is 1. The van der Waals surface area contributed by atoms with Crippen LogP contribution in [0.3, 0.4) is 0 Å². The third kappa shape index (κ3) is 5.77. The highest BCUT2D eigenvalue weighted by molar-refractivity contribution is 7.76. The summed E-state index contributed by atoms with van der Waals surface area (Å²) in [5, 5.41) is 6.15. The molecule has 0 bridgehead atoms. The van der Waals surface area contributed by atoms with Crippen molar-refractivity contribution in [2.24, 2.45) is 5.14 Å². The lowest BCUT2D eigenvalue weighted by atomic mass is 10.1. The van der Waals surface area contributed by atoms with E-state index < -0.39 is 11.3 Å². The molecule has 0 aliphatic carbocycles. The highest BCUT2D eigenvalue weighted by Crippen LogP contribution is 2.13. The van der Waals surface area contributed by atoms with Crippen LogP contribution in [0.4, 0.5) is 0 Å². The number of thiophene rings is 1. The number of hydrogen-bond donors (Lipinski definition) is 1. The standard InChI is InChI=1S/C11H10S.H3NO2S/c1-2-5-10(6-3-1)9-11-7-4-8-12-11;1-4(2)3/h1-8H,9H2;1H2,(H,2,3)/p-1. The Kier molecular flexibility index (Phi) is 5.95. The largest absolute Gasteiger partial charge is 0.760 e. The van der Waals surface area contributed by atoms with Gasteiger partial charge in [-0.05, 0) is 17.0 Å². The maximum atomic E-state index is 8.78. The summed E-state index contributed by atoms with van der Waals surface area (Å²) in [5.74, 6) is 0. The zero-order valence-electron chi connectivity index (χ0n) is 8.54. The summed E-state index contributed by atoms with van der Waals surface area (Å²) >= 11 is -0.543. The topological polar surface area (TPSA) is 66.2 Å². The van der Waals surface area contributed by atoms with Crippen LogP contribution in [0.2, 0.25) is 0 Å². The second-order valence-electron chi connectivity index (χ2n) is 3.00. The Morgan fingerprint density at radius 3 is 2.31 bits per heavy atom. The summed E-state index contributed by atoms with van der Waals surface area (Å²) in [6.07, 6.45) is 1.07. The summed E-state index contributed by atoms with van der Waals surface area (Å²) in [4.78, 5) is 1.43. The van der Waals surface area contributed by atoms with E-state index in [4.69, 9.17) is 8.76 Å². The Hall–Kier alpha value is -1.01. The molecule has 0 fully saturated rings. The van der Waals surface area contributed by atoms with Gasteiger partial charge in [0, 0.05) is 22.6 Å². The van der Waals surface area contributed by atoms with Crippen LogP contribution < -0.4 is 5.14 Å². The van der Waals surface area contributed by atoms with Crippen molar-refractivity contribution < 1.29 is 8.76 Å². The van der Waals surface area contributed by atoms with Crippen molar-refractivity contribution in [3.8, 4) is 0 Å². The molecule has 3 nitrogen and oxygen atoms in total. The molecule has 1 aromatic heterocycles. The predicted octanol–water partition coefficient (Wildman–Crippen LogP) is 2.08. The van der Waals surface area contributed by atoms with Crippen LogP contribution in [0, 0.1) is 0 Å². The average Bonchev–Trinajstić information content (AvgIpc) is 2.71. The van der Waals surface area contributed by atoms with Crippen molar-refractivity contribution in [3.05, 3.63) is 58.3 Å². The number of nitrogens with two attached hydrogens (primary N) is 1. The summed E-state index contributed by atoms with van der Waals surface area (Å²) in [7, 11) is 0. The van der Waals surface area contributed by atoms with Gasteiger partial charge < -0.3 is 4.55 Å². The minimum Gasteiger partial charge on any atom is -0.760 e. The molecule has 0 radical (unpaired) electrons. The molecule has 0 spiro atoms. The molecule has 0 saturated heterocycles. The minimum atomic E-state index is -2.36. The lowest BCUT2D eigenvalue weighted by molar-refractivity contribution is 0.539. The van der Waals surface area contributed by atoms with Crippen LogP contribution >= 0.6 is 11.3 Å². The fourth-order valence-corrected chi connectivity index (χ4v) is 1.95. The first-order chi connectivity index (χ1) is 7.68. The molecule has 5 heteroatoms. The van der Waals surface area contributed by atoms with E-state index in [0.29, 0.717) is 0 Å². The van der Waals surface area contributed by atoms with Gasteiger partial charge in [0.25, 0.3) is 0 Å². The van der Waals surface area contributed by atoms with Gasteiger partial charge in [0.2, 0.25) is 0 Å². The molecule has 2 aromatic rings.